The summed E-state index contributed by atoms with van der Waals surface area (Å²) >= 11 is 0. The number of hydrogen-bond acceptors (Lipinski definition) is 4. The molecule has 8 heteroatoms. The average Bonchev–Trinajstić information content (AvgIpc) is 2.38. The van der Waals surface area contributed by atoms with Crippen LogP contribution in [0.3, 0.4) is 0 Å². The number of hydrogen-bond donors (Lipinski definition) is 0. The van der Waals surface area contributed by atoms with Crippen LogP contribution in [0.5, 0.6) is 0 Å². The van der Waals surface area contributed by atoms with Crippen molar-refractivity contribution in [2.45, 2.75) is 11.8 Å². The van der Waals surface area contributed by atoms with Crippen molar-refractivity contribution in [2.24, 2.45) is 0 Å². The van der Waals surface area contributed by atoms with E-state index in [0.717, 1.165) is 6.26 Å². The van der Waals surface area contributed by atoms with Gasteiger partial charge in [0.2, 0.25) is 20.0 Å². The third-order valence-electron chi connectivity index (χ3n) is 3.38. The molecule has 20 heavy (non-hydrogen) atoms. The maximum Gasteiger partial charge on any atom is 0.243 e. The van der Waals surface area contributed by atoms with Crippen LogP contribution in [0.25, 0.3) is 0 Å². The fraction of sp³-hybridized carbons (Fsp3) is 0.500. The van der Waals surface area contributed by atoms with Crippen molar-refractivity contribution < 1.29 is 16.8 Å². The Kier molecular flexibility index (Phi) is 4.19. The van der Waals surface area contributed by atoms with E-state index in [1.165, 1.54) is 8.61 Å². The van der Waals surface area contributed by atoms with Gasteiger partial charge in [-0.1, -0.05) is 18.2 Å². The van der Waals surface area contributed by atoms with E-state index in [0.29, 0.717) is 5.56 Å². The molecule has 1 heterocycles. The second-order valence-corrected chi connectivity index (χ2v) is 8.72. The monoisotopic (exact) mass is 318 g/mol. The zero-order valence-corrected chi connectivity index (χ0v) is 13.1. The molecular weight excluding hydrogens is 300 g/mol. The second-order valence-electron chi connectivity index (χ2n) is 4.83. The first-order chi connectivity index (χ1) is 9.23. The van der Waals surface area contributed by atoms with Gasteiger partial charge in [0.25, 0.3) is 0 Å². The lowest BCUT2D eigenvalue weighted by Crippen LogP contribution is -2.50. The quantitative estimate of drug-likeness (QED) is 0.801. The Morgan fingerprint density at radius 2 is 1.40 bits per heavy atom. The van der Waals surface area contributed by atoms with Crippen molar-refractivity contribution >= 4 is 20.0 Å². The van der Waals surface area contributed by atoms with Crippen LogP contribution in [-0.4, -0.2) is 57.9 Å². The van der Waals surface area contributed by atoms with E-state index >= 15 is 0 Å². The topological polar surface area (TPSA) is 74.8 Å². The normalized spacial score (nSPS) is 19.1. The summed E-state index contributed by atoms with van der Waals surface area (Å²) < 4.78 is 50.5. The first kappa shape index (κ1) is 15.4. The summed E-state index contributed by atoms with van der Waals surface area (Å²) in [6, 6.07) is 6.80. The van der Waals surface area contributed by atoms with Crippen LogP contribution >= 0.6 is 0 Å². The minimum atomic E-state index is -3.55. The minimum absolute atomic E-state index is 0.184. The van der Waals surface area contributed by atoms with Gasteiger partial charge in [0.15, 0.2) is 0 Å². The van der Waals surface area contributed by atoms with Crippen molar-refractivity contribution in [3.05, 3.63) is 29.8 Å². The molecule has 0 saturated carbocycles. The third-order valence-corrected chi connectivity index (χ3v) is 6.74. The number of piperazine rings is 1. The van der Waals surface area contributed by atoms with Crippen molar-refractivity contribution in [1.29, 1.82) is 0 Å². The van der Waals surface area contributed by atoms with Gasteiger partial charge in [-0.05, 0) is 18.6 Å². The van der Waals surface area contributed by atoms with Crippen LogP contribution in [0.4, 0.5) is 0 Å². The maximum absolute atomic E-state index is 12.5. The Labute approximate surface area is 120 Å². The molecule has 0 atom stereocenters. The molecule has 0 aliphatic carbocycles. The summed E-state index contributed by atoms with van der Waals surface area (Å²) in [4.78, 5) is 0.285. The van der Waals surface area contributed by atoms with Gasteiger partial charge in [0.05, 0.1) is 11.2 Å². The summed E-state index contributed by atoms with van der Waals surface area (Å²) in [7, 11) is -6.81. The van der Waals surface area contributed by atoms with E-state index < -0.39 is 20.0 Å². The predicted octanol–water partition coefficient (Wildman–Crippen LogP) is 0.261. The first-order valence-electron chi connectivity index (χ1n) is 6.24. The van der Waals surface area contributed by atoms with Gasteiger partial charge >= 0.3 is 0 Å². The van der Waals surface area contributed by atoms with E-state index in [1.807, 2.05) is 0 Å². The molecule has 1 fully saturated rings. The Bertz CT molecular complexity index is 690. The SMILES string of the molecule is Cc1ccccc1S(=O)(=O)N1CCN(S(C)(=O)=O)CC1. The van der Waals surface area contributed by atoms with Crippen LogP contribution in [-0.2, 0) is 20.0 Å². The Balaban J connectivity index is 2.20. The predicted molar refractivity (Wildman–Crippen MR) is 76.4 cm³/mol. The third kappa shape index (κ3) is 3.03. The molecule has 2 rings (SSSR count). The smallest absolute Gasteiger partial charge is 0.213 e. The highest BCUT2D eigenvalue weighted by molar-refractivity contribution is 7.89. The molecule has 1 aromatic rings. The first-order valence-corrected chi connectivity index (χ1v) is 9.52. The average molecular weight is 318 g/mol. The number of aryl methyl sites for hydroxylation is 1. The molecule has 0 N–H and O–H groups in total. The van der Waals surface area contributed by atoms with Crippen molar-refractivity contribution in [3.8, 4) is 0 Å². The molecule has 0 bridgehead atoms. The molecule has 1 aliphatic rings. The highest BCUT2D eigenvalue weighted by atomic mass is 32.2. The molecule has 112 valence electrons. The van der Waals surface area contributed by atoms with Crippen LogP contribution in [0.2, 0.25) is 0 Å². The number of sulfonamides is 2. The number of benzene rings is 1. The fourth-order valence-electron chi connectivity index (χ4n) is 2.23. The maximum atomic E-state index is 12.5. The summed E-state index contributed by atoms with van der Waals surface area (Å²) in [6.07, 6.45) is 1.14. The van der Waals surface area contributed by atoms with E-state index in [9.17, 15) is 16.8 Å². The van der Waals surface area contributed by atoms with Gasteiger partial charge in [-0.2, -0.15) is 8.61 Å². The molecule has 6 nitrogen and oxygen atoms in total. The largest absolute Gasteiger partial charge is 0.243 e. The zero-order valence-electron chi connectivity index (χ0n) is 11.5. The Hall–Kier alpha value is -0.960. The standard InChI is InChI=1S/C12H18N2O4S2/c1-11-5-3-4-6-12(11)20(17,18)14-9-7-13(8-10-14)19(2,15)16/h3-6H,7-10H2,1-2H3. The van der Waals surface area contributed by atoms with E-state index in [2.05, 4.69) is 0 Å². The highest BCUT2D eigenvalue weighted by Crippen LogP contribution is 2.21. The van der Waals surface area contributed by atoms with Crippen LogP contribution in [0, 0.1) is 6.92 Å². The Morgan fingerprint density at radius 1 is 0.900 bits per heavy atom. The van der Waals surface area contributed by atoms with Crippen molar-refractivity contribution in [1.82, 2.24) is 8.61 Å². The molecular formula is C12H18N2O4S2. The van der Waals surface area contributed by atoms with E-state index in [1.54, 1.807) is 31.2 Å². The minimum Gasteiger partial charge on any atom is -0.213 e. The Morgan fingerprint density at radius 3 is 1.90 bits per heavy atom. The summed E-state index contributed by atoms with van der Waals surface area (Å²) in [5, 5.41) is 0. The van der Waals surface area contributed by atoms with E-state index in [4.69, 9.17) is 0 Å². The van der Waals surface area contributed by atoms with E-state index in [-0.39, 0.29) is 31.1 Å². The highest BCUT2D eigenvalue weighted by Gasteiger charge is 2.31. The van der Waals surface area contributed by atoms with Crippen molar-refractivity contribution in [2.75, 3.05) is 32.4 Å². The van der Waals surface area contributed by atoms with Crippen molar-refractivity contribution in [3.63, 3.8) is 0 Å². The molecule has 0 amide bonds. The molecule has 0 aromatic heterocycles. The van der Waals surface area contributed by atoms with Crippen LogP contribution in [0.1, 0.15) is 5.56 Å². The molecule has 1 aliphatic heterocycles. The van der Waals surface area contributed by atoms with Gasteiger partial charge in [0, 0.05) is 26.2 Å². The van der Waals surface area contributed by atoms with Gasteiger partial charge < -0.3 is 0 Å². The molecule has 0 spiro atoms. The van der Waals surface area contributed by atoms with Crippen LogP contribution < -0.4 is 0 Å². The second kappa shape index (κ2) is 5.44. The molecule has 1 saturated heterocycles. The number of rotatable bonds is 3. The summed E-state index contributed by atoms with van der Waals surface area (Å²) in [5.41, 5.74) is 0.693. The lowest BCUT2D eigenvalue weighted by atomic mass is 10.2. The molecule has 0 unspecified atom stereocenters. The van der Waals surface area contributed by atoms with Crippen LogP contribution in [0.15, 0.2) is 29.2 Å². The van der Waals surface area contributed by atoms with Gasteiger partial charge in [0.1, 0.15) is 0 Å². The summed E-state index contributed by atoms with van der Waals surface area (Å²) in [6.45, 7) is 2.51. The summed E-state index contributed by atoms with van der Waals surface area (Å²) in [5.74, 6) is 0. The van der Waals surface area contributed by atoms with Gasteiger partial charge in [-0.3, -0.25) is 0 Å². The lowest BCUT2D eigenvalue weighted by molar-refractivity contribution is 0.274. The lowest BCUT2D eigenvalue weighted by Gasteiger charge is -2.32. The molecule has 0 radical (unpaired) electrons. The molecule has 1 aromatic carbocycles. The number of nitrogens with zero attached hydrogens (tertiary/aromatic N) is 2. The van der Waals surface area contributed by atoms with Gasteiger partial charge in [-0.25, -0.2) is 16.8 Å². The zero-order chi connectivity index (χ0) is 15.0. The van der Waals surface area contributed by atoms with Gasteiger partial charge in [-0.15, -0.1) is 0 Å². The fourth-order valence-corrected chi connectivity index (χ4v) is 4.70.